The van der Waals surface area contributed by atoms with Crippen LogP contribution in [-0.4, -0.2) is 14.4 Å². The highest BCUT2D eigenvalue weighted by molar-refractivity contribution is 9.10. The average Bonchev–Trinajstić information content (AvgIpc) is 2.68. The van der Waals surface area contributed by atoms with E-state index in [0.29, 0.717) is 5.82 Å². The third-order valence-corrected chi connectivity index (χ3v) is 3.07. The highest BCUT2D eigenvalue weighted by Gasteiger charge is 2.10. The number of hydrogen-bond acceptors (Lipinski definition) is 2. The third-order valence-electron chi connectivity index (χ3n) is 2.49. The number of halogens is 2. The van der Waals surface area contributed by atoms with Crippen LogP contribution in [0.5, 0.6) is 0 Å². The molecule has 0 saturated heterocycles. The Morgan fingerprint density at radius 1 is 1.24 bits per heavy atom. The molecule has 0 amide bonds. The lowest BCUT2D eigenvalue weighted by atomic mass is 10.2. The Bertz CT molecular complexity index is 693. The lowest BCUT2D eigenvalue weighted by Gasteiger charge is -2.00. The van der Waals surface area contributed by atoms with E-state index in [0.717, 1.165) is 15.7 Å². The van der Waals surface area contributed by atoms with Crippen molar-refractivity contribution in [3.05, 3.63) is 53.3 Å². The van der Waals surface area contributed by atoms with E-state index in [-0.39, 0.29) is 5.82 Å². The first-order chi connectivity index (χ1) is 8.25. The van der Waals surface area contributed by atoms with Gasteiger partial charge in [-0.2, -0.15) is 0 Å². The first-order valence-electron chi connectivity index (χ1n) is 4.99. The molecule has 2 heterocycles. The second-order valence-electron chi connectivity index (χ2n) is 3.57. The molecule has 17 heavy (non-hydrogen) atoms. The number of imidazole rings is 1. The van der Waals surface area contributed by atoms with Crippen molar-refractivity contribution in [1.29, 1.82) is 0 Å². The molecule has 0 saturated carbocycles. The second kappa shape index (κ2) is 3.92. The van der Waals surface area contributed by atoms with Crippen LogP contribution in [0.2, 0.25) is 0 Å². The molecule has 3 nitrogen and oxygen atoms in total. The molecule has 0 aliphatic rings. The Hall–Kier alpha value is -1.75. The maximum atomic E-state index is 13.2. The Kier molecular flexibility index (Phi) is 2.40. The predicted molar refractivity (Wildman–Crippen MR) is 66.1 cm³/mol. The quantitative estimate of drug-likeness (QED) is 0.689. The van der Waals surface area contributed by atoms with E-state index in [2.05, 4.69) is 25.9 Å². The summed E-state index contributed by atoms with van der Waals surface area (Å²) in [5.74, 6) is 0.388. The molecule has 0 bridgehead atoms. The van der Waals surface area contributed by atoms with E-state index < -0.39 is 0 Å². The molecule has 84 valence electrons. The summed E-state index contributed by atoms with van der Waals surface area (Å²) in [6, 6.07) is 8.19. The molecule has 0 spiro atoms. The molecular weight excluding hydrogens is 285 g/mol. The summed E-state index contributed by atoms with van der Waals surface area (Å²) in [4.78, 5) is 8.42. The van der Waals surface area contributed by atoms with E-state index in [1.54, 1.807) is 18.6 Å². The largest absolute Gasteiger partial charge is 0.282 e. The standard InChI is InChI=1S/C12H7BrFN3/c13-11-10-4-5-15-7-17(10)12(16-11)8-2-1-3-9(14)6-8/h1-7H. The summed E-state index contributed by atoms with van der Waals surface area (Å²) >= 11 is 3.38. The Morgan fingerprint density at radius 2 is 2.12 bits per heavy atom. The van der Waals surface area contributed by atoms with Crippen molar-refractivity contribution >= 4 is 21.4 Å². The van der Waals surface area contributed by atoms with Gasteiger partial charge >= 0.3 is 0 Å². The number of hydrogen-bond donors (Lipinski definition) is 0. The summed E-state index contributed by atoms with van der Waals surface area (Å²) in [5.41, 5.74) is 1.62. The van der Waals surface area contributed by atoms with Crippen LogP contribution in [-0.2, 0) is 0 Å². The van der Waals surface area contributed by atoms with E-state index in [9.17, 15) is 4.39 Å². The maximum Gasteiger partial charge on any atom is 0.147 e. The molecule has 0 atom stereocenters. The normalized spacial score (nSPS) is 10.9. The minimum absolute atomic E-state index is 0.278. The zero-order valence-corrected chi connectivity index (χ0v) is 10.2. The summed E-state index contributed by atoms with van der Waals surface area (Å²) in [6.45, 7) is 0. The first kappa shape index (κ1) is 10.4. The smallest absolute Gasteiger partial charge is 0.147 e. The molecule has 0 radical (unpaired) electrons. The van der Waals surface area contributed by atoms with Gasteiger partial charge in [0.25, 0.3) is 0 Å². The fraction of sp³-hybridized carbons (Fsp3) is 0. The number of rotatable bonds is 1. The van der Waals surface area contributed by atoms with Crippen molar-refractivity contribution in [2.45, 2.75) is 0 Å². The molecule has 0 fully saturated rings. The van der Waals surface area contributed by atoms with E-state index in [1.807, 2.05) is 16.5 Å². The molecule has 0 aliphatic carbocycles. The van der Waals surface area contributed by atoms with Gasteiger partial charge in [-0.25, -0.2) is 14.4 Å². The lowest BCUT2D eigenvalue weighted by Crippen LogP contribution is -1.90. The van der Waals surface area contributed by atoms with Gasteiger partial charge in [0.05, 0.1) is 5.52 Å². The van der Waals surface area contributed by atoms with Crippen LogP contribution in [0.3, 0.4) is 0 Å². The monoisotopic (exact) mass is 291 g/mol. The zero-order valence-electron chi connectivity index (χ0n) is 8.64. The van der Waals surface area contributed by atoms with E-state index in [1.165, 1.54) is 12.1 Å². The highest BCUT2D eigenvalue weighted by atomic mass is 79.9. The molecule has 3 aromatic rings. The molecular formula is C12H7BrFN3. The van der Waals surface area contributed by atoms with Gasteiger partial charge in [0, 0.05) is 11.8 Å². The zero-order chi connectivity index (χ0) is 11.8. The van der Waals surface area contributed by atoms with Crippen LogP contribution in [0.15, 0.2) is 47.5 Å². The van der Waals surface area contributed by atoms with E-state index >= 15 is 0 Å². The Balaban J connectivity index is 2.31. The van der Waals surface area contributed by atoms with Gasteiger partial charge in [0.15, 0.2) is 0 Å². The fourth-order valence-corrected chi connectivity index (χ4v) is 2.22. The fourth-order valence-electron chi connectivity index (χ4n) is 1.73. The Labute approximate surface area is 105 Å². The highest BCUT2D eigenvalue weighted by Crippen LogP contribution is 2.25. The first-order valence-corrected chi connectivity index (χ1v) is 5.78. The van der Waals surface area contributed by atoms with Crippen LogP contribution >= 0.6 is 15.9 Å². The van der Waals surface area contributed by atoms with Crippen LogP contribution in [0.4, 0.5) is 4.39 Å². The van der Waals surface area contributed by atoms with Gasteiger partial charge in [-0.1, -0.05) is 12.1 Å². The minimum Gasteiger partial charge on any atom is -0.282 e. The molecule has 1 aromatic carbocycles. The maximum absolute atomic E-state index is 13.2. The van der Waals surface area contributed by atoms with Crippen LogP contribution < -0.4 is 0 Å². The van der Waals surface area contributed by atoms with Crippen molar-refractivity contribution in [2.75, 3.05) is 0 Å². The van der Waals surface area contributed by atoms with Crippen molar-refractivity contribution in [3.8, 4) is 11.4 Å². The van der Waals surface area contributed by atoms with Crippen molar-refractivity contribution in [2.24, 2.45) is 0 Å². The number of nitrogens with zero attached hydrogens (tertiary/aromatic N) is 3. The second-order valence-corrected chi connectivity index (χ2v) is 4.32. The van der Waals surface area contributed by atoms with E-state index in [4.69, 9.17) is 0 Å². The number of benzene rings is 1. The summed E-state index contributed by atoms with van der Waals surface area (Å²) in [6.07, 6.45) is 3.35. The number of fused-ring (bicyclic) bond motifs is 1. The lowest BCUT2D eigenvalue weighted by molar-refractivity contribution is 0.628. The van der Waals surface area contributed by atoms with Gasteiger partial charge in [-0.3, -0.25) is 4.40 Å². The van der Waals surface area contributed by atoms with Crippen LogP contribution in [0.1, 0.15) is 0 Å². The SMILES string of the molecule is Fc1cccc(-c2nc(Br)c3ccncn23)c1. The Morgan fingerprint density at radius 3 is 2.94 bits per heavy atom. The van der Waals surface area contributed by atoms with Gasteiger partial charge in [-0.05, 0) is 34.1 Å². The molecule has 0 unspecified atom stereocenters. The predicted octanol–water partition coefficient (Wildman–Crippen LogP) is 3.30. The van der Waals surface area contributed by atoms with Gasteiger partial charge in [-0.15, -0.1) is 0 Å². The molecule has 3 rings (SSSR count). The van der Waals surface area contributed by atoms with Crippen LogP contribution in [0, 0.1) is 5.82 Å². The minimum atomic E-state index is -0.278. The van der Waals surface area contributed by atoms with Crippen LogP contribution in [0.25, 0.3) is 16.9 Å². The summed E-state index contributed by atoms with van der Waals surface area (Å²) < 4.78 is 15.7. The summed E-state index contributed by atoms with van der Waals surface area (Å²) in [5, 5.41) is 0. The van der Waals surface area contributed by atoms with Gasteiger partial charge in [0.2, 0.25) is 0 Å². The molecule has 0 aliphatic heterocycles. The van der Waals surface area contributed by atoms with Crippen molar-refractivity contribution in [1.82, 2.24) is 14.4 Å². The van der Waals surface area contributed by atoms with Gasteiger partial charge < -0.3 is 0 Å². The topological polar surface area (TPSA) is 30.2 Å². The molecule has 5 heteroatoms. The van der Waals surface area contributed by atoms with Crippen molar-refractivity contribution < 1.29 is 4.39 Å². The third kappa shape index (κ3) is 1.72. The molecule has 2 aromatic heterocycles. The van der Waals surface area contributed by atoms with Gasteiger partial charge in [0.1, 0.15) is 22.6 Å². The molecule has 0 N–H and O–H groups in total. The average molecular weight is 292 g/mol. The number of aromatic nitrogens is 3. The summed E-state index contributed by atoms with van der Waals surface area (Å²) in [7, 11) is 0. The van der Waals surface area contributed by atoms with Crippen molar-refractivity contribution in [3.63, 3.8) is 0 Å².